The fraction of sp³-hybridized carbons (Fsp3) is 0.571. The maximum absolute atomic E-state index is 6.30. The first-order valence-electron chi connectivity index (χ1n) is 6.42. The van der Waals surface area contributed by atoms with Crippen LogP contribution in [-0.4, -0.2) is 24.5 Å². The SMILES string of the molecule is CC1CN(C(CN)c2cccc(Cl)c2Cl)CC1C. The molecule has 1 saturated heterocycles. The van der Waals surface area contributed by atoms with Gasteiger partial charge < -0.3 is 5.73 Å². The van der Waals surface area contributed by atoms with Crippen molar-refractivity contribution in [3.8, 4) is 0 Å². The molecule has 3 unspecified atom stereocenters. The minimum atomic E-state index is 0.170. The first-order valence-corrected chi connectivity index (χ1v) is 7.18. The van der Waals surface area contributed by atoms with Crippen molar-refractivity contribution >= 4 is 23.2 Å². The molecule has 0 amide bonds. The van der Waals surface area contributed by atoms with E-state index in [9.17, 15) is 0 Å². The van der Waals surface area contributed by atoms with Crippen molar-refractivity contribution in [1.29, 1.82) is 0 Å². The Hall–Kier alpha value is -0.280. The van der Waals surface area contributed by atoms with Crippen LogP contribution in [0, 0.1) is 11.8 Å². The Bertz CT molecular complexity index is 412. The van der Waals surface area contributed by atoms with Gasteiger partial charge in [-0.25, -0.2) is 0 Å². The van der Waals surface area contributed by atoms with E-state index < -0.39 is 0 Å². The van der Waals surface area contributed by atoms with E-state index in [2.05, 4.69) is 18.7 Å². The van der Waals surface area contributed by atoms with Gasteiger partial charge in [0.2, 0.25) is 0 Å². The van der Waals surface area contributed by atoms with E-state index in [1.54, 1.807) is 0 Å². The van der Waals surface area contributed by atoms with Gasteiger partial charge in [0, 0.05) is 25.7 Å². The van der Waals surface area contributed by atoms with Crippen molar-refractivity contribution in [3.05, 3.63) is 33.8 Å². The first kappa shape index (κ1) is 14.1. The van der Waals surface area contributed by atoms with Gasteiger partial charge in [-0.1, -0.05) is 49.2 Å². The first-order chi connectivity index (χ1) is 8.54. The average molecular weight is 287 g/mol. The molecular weight excluding hydrogens is 267 g/mol. The van der Waals surface area contributed by atoms with Crippen LogP contribution in [0.15, 0.2) is 18.2 Å². The predicted molar refractivity (Wildman–Crippen MR) is 78.2 cm³/mol. The highest BCUT2D eigenvalue weighted by Gasteiger charge is 2.32. The second-order valence-electron chi connectivity index (χ2n) is 5.30. The number of nitrogens with two attached hydrogens (primary N) is 1. The third kappa shape index (κ3) is 2.67. The third-order valence-electron chi connectivity index (χ3n) is 4.02. The Morgan fingerprint density at radius 3 is 2.44 bits per heavy atom. The summed E-state index contributed by atoms with van der Waals surface area (Å²) in [5.74, 6) is 1.41. The zero-order chi connectivity index (χ0) is 13.3. The molecule has 1 fully saturated rings. The summed E-state index contributed by atoms with van der Waals surface area (Å²) in [6, 6.07) is 5.95. The molecule has 1 aromatic carbocycles. The fourth-order valence-electron chi connectivity index (χ4n) is 2.68. The van der Waals surface area contributed by atoms with E-state index in [0.29, 0.717) is 28.4 Å². The summed E-state index contributed by atoms with van der Waals surface area (Å²) in [6.07, 6.45) is 0. The standard InChI is InChI=1S/C14H20Cl2N2/c1-9-7-18(8-10(9)2)13(6-17)11-4-3-5-12(15)14(11)16/h3-5,9-10,13H,6-8,17H2,1-2H3. The van der Waals surface area contributed by atoms with Gasteiger partial charge >= 0.3 is 0 Å². The number of likely N-dealkylation sites (tertiary alicyclic amines) is 1. The van der Waals surface area contributed by atoms with Crippen LogP contribution in [0.5, 0.6) is 0 Å². The monoisotopic (exact) mass is 286 g/mol. The number of halogens is 2. The van der Waals surface area contributed by atoms with Gasteiger partial charge in [-0.05, 0) is 23.5 Å². The Kier molecular flexibility index (Phi) is 4.54. The summed E-state index contributed by atoms with van der Waals surface area (Å²) in [5.41, 5.74) is 7.00. The van der Waals surface area contributed by atoms with Gasteiger partial charge in [0.25, 0.3) is 0 Å². The second-order valence-corrected chi connectivity index (χ2v) is 6.09. The molecule has 4 heteroatoms. The lowest BCUT2D eigenvalue weighted by Crippen LogP contribution is -2.32. The summed E-state index contributed by atoms with van der Waals surface area (Å²) in [4.78, 5) is 2.42. The highest BCUT2D eigenvalue weighted by atomic mass is 35.5. The summed E-state index contributed by atoms with van der Waals surface area (Å²) in [7, 11) is 0. The summed E-state index contributed by atoms with van der Waals surface area (Å²) in [6.45, 7) is 7.30. The molecule has 0 spiro atoms. The number of hydrogen-bond donors (Lipinski definition) is 1. The minimum Gasteiger partial charge on any atom is -0.329 e. The zero-order valence-corrected chi connectivity index (χ0v) is 12.4. The summed E-state index contributed by atoms with van der Waals surface area (Å²) >= 11 is 12.4. The van der Waals surface area contributed by atoms with Crippen molar-refractivity contribution in [2.24, 2.45) is 17.6 Å². The van der Waals surface area contributed by atoms with Gasteiger partial charge in [-0.15, -0.1) is 0 Å². The molecule has 2 nitrogen and oxygen atoms in total. The van der Waals surface area contributed by atoms with Gasteiger partial charge in [0.15, 0.2) is 0 Å². The van der Waals surface area contributed by atoms with E-state index in [1.807, 2.05) is 18.2 Å². The molecule has 0 saturated carbocycles. The molecule has 1 heterocycles. The van der Waals surface area contributed by atoms with Gasteiger partial charge in [0.05, 0.1) is 10.0 Å². The number of hydrogen-bond acceptors (Lipinski definition) is 2. The van der Waals surface area contributed by atoms with E-state index >= 15 is 0 Å². The molecule has 0 aliphatic carbocycles. The van der Waals surface area contributed by atoms with Crippen LogP contribution >= 0.6 is 23.2 Å². The summed E-state index contributed by atoms with van der Waals surface area (Å²) in [5, 5.41) is 1.25. The maximum atomic E-state index is 6.30. The Morgan fingerprint density at radius 2 is 1.89 bits per heavy atom. The zero-order valence-electron chi connectivity index (χ0n) is 10.9. The molecule has 100 valence electrons. The highest BCUT2D eigenvalue weighted by molar-refractivity contribution is 6.42. The topological polar surface area (TPSA) is 29.3 Å². The van der Waals surface area contributed by atoms with Crippen LogP contribution < -0.4 is 5.73 Å². The second kappa shape index (κ2) is 5.79. The van der Waals surface area contributed by atoms with Crippen LogP contribution in [0.4, 0.5) is 0 Å². The molecule has 0 aromatic heterocycles. The average Bonchev–Trinajstić information content (AvgIpc) is 2.66. The normalized spacial score (nSPS) is 26.5. The molecule has 3 atom stereocenters. The Balaban J connectivity index is 2.26. The van der Waals surface area contributed by atoms with Crippen LogP contribution in [0.3, 0.4) is 0 Å². The summed E-state index contributed by atoms with van der Waals surface area (Å²) < 4.78 is 0. The lowest BCUT2D eigenvalue weighted by atomic mass is 10.0. The molecule has 1 aliphatic rings. The van der Waals surface area contributed by atoms with Crippen molar-refractivity contribution in [1.82, 2.24) is 4.90 Å². The number of rotatable bonds is 3. The molecule has 2 N–H and O–H groups in total. The maximum Gasteiger partial charge on any atom is 0.0640 e. The van der Waals surface area contributed by atoms with E-state index in [-0.39, 0.29) is 6.04 Å². The van der Waals surface area contributed by atoms with Gasteiger partial charge in [-0.3, -0.25) is 4.90 Å². The molecule has 2 rings (SSSR count). The van der Waals surface area contributed by atoms with Crippen molar-refractivity contribution in [3.63, 3.8) is 0 Å². The van der Waals surface area contributed by atoms with E-state index in [4.69, 9.17) is 28.9 Å². The van der Waals surface area contributed by atoms with E-state index in [1.165, 1.54) is 0 Å². The predicted octanol–water partition coefficient (Wildman–Crippen LogP) is 3.58. The Labute approximate surface area is 119 Å². The van der Waals surface area contributed by atoms with Crippen LogP contribution in [0.2, 0.25) is 10.0 Å². The van der Waals surface area contributed by atoms with Gasteiger partial charge in [-0.2, -0.15) is 0 Å². The lowest BCUT2D eigenvalue weighted by Gasteiger charge is -2.28. The van der Waals surface area contributed by atoms with Crippen LogP contribution in [0.1, 0.15) is 25.5 Å². The third-order valence-corrected chi connectivity index (χ3v) is 4.85. The van der Waals surface area contributed by atoms with E-state index in [0.717, 1.165) is 18.7 Å². The number of benzene rings is 1. The van der Waals surface area contributed by atoms with Crippen molar-refractivity contribution in [2.45, 2.75) is 19.9 Å². The van der Waals surface area contributed by atoms with Gasteiger partial charge in [0.1, 0.15) is 0 Å². The van der Waals surface area contributed by atoms with Crippen LogP contribution in [0.25, 0.3) is 0 Å². The Morgan fingerprint density at radius 1 is 1.28 bits per heavy atom. The molecule has 1 aliphatic heterocycles. The molecule has 18 heavy (non-hydrogen) atoms. The highest BCUT2D eigenvalue weighted by Crippen LogP contribution is 2.35. The molecule has 0 bridgehead atoms. The number of nitrogens with zero attached hydrogens (tertiary/aromatic N) is 1. The molecule has 0 radical (unpaired) electrons. The van der Waals surface area contributed by atoms with Crippen molar-refractivity contribution in [2.75, 3.05) is 19.6 Å². The smallest absolute Gasteiger partial charge is 0.0640 e. The largest absolute Gasteiger partial charge is 0.329 e. The fourth-order valence-corrected chi connectivity index (χ4v) is 3.11. The lowest BCUT2D eigenvalue weighted by molar-refractivity contribution is 0.240. The van der Waals surface area contributed by atoms with Crippen LogP contribution in [-0.2, 0) is 0 Å². The molecular formula is C14H20Cl2N2. The minimum absolute atomic E-state index is 0.170. The molecule has 1 aromatic rings. The van der Waals surface area contributed by atoms with Crippen molar-refractivity contribution < 1.29 is 0 Å². The quantitative estimate of drug-likeness (QED) is 0.920.